The van der Waals surface area contributed by atoms with Gasteiger partial charge < -0.3 is 19.3 Å². The number of benzene rings is 1. The Balaban J connectivity index is 2.38. The fourth-order valence-electron chi connectivity index (χ4n) is 2.23. The Labute approximate surface area is 130 Å². The molecular formula is C16H22N2O4. The highest BCUT2D eigenvalue weighted by Crippen LogP contribution is 2.41. The van der Waals surface area contributed by atoms with E-state index in [4.69, 9.17) is 9.47 Å². The third-order valence-corrected chi connectivity index (χ3v) is 3.36. The van der Waals surface area contributed by atoms with Gasteiger partial charge in [0.2, 0.25) is 0 Å². The summed E-state index contributed by atoms with van der Waals surface area (Å²) < 4.78 is 11.2. The Morgan fingerprint density at radius 1 is 1.41 bits per heavy atom. The van der Waals surface area contributed by atoms with Crippen molar-refractivity contribution in [2.45, 2.75) is 13.3 Å². The Morgan fingerprint density at radius 2 is 2.18 bits per heavy atom. The predicted molar refractivity (Wildman–Crippen MR) is 84.0 cm³/mol. The molecule has 1 aliphatic heterocycles. The lowest BCUT2D eigenvalue weighted by molar-refractivity contribution is -0.121. The van der Waals surface area contributed by atoms with Crippen molar-refractivity contribution in [3.8, 4) is 11.5 Å². The summed E-state index contributed by atoms with van der Waals surface area (Å²) in [7, 11) is 3.90. The molecule has 0 aliphatic carbocycles. The van der Waals surface area contributed by atoms with Gasteiger partial charge in [-0.2, -0.15) is 0 Å². The van der Waals surface area contributed by atoms with E-state index in [0.717, 1.165) is 19.3 Å². The van der Waals surface area contributed by atoms with Crippen LogP contribution in [0.15, 0.2) is 12.1 Å². The van der Waals surface area contributed by atoms with Crippen molar-refractivity contribution in [1.29, 1.82) is 0 Å². The lowest BCUT2D eigenvalue weighted by Crippen LogP contribution is -2.42. The van der Waals surface area contributed by atoms with Crippen LogP contribution in [0, 0.1) is 0 Å². The number of nitrogens with zero attached hydrogens (tertiary/aromatic N) is 2. The average Bonchev–Trinajstić information content (AvgIpc) is 2.50. The van der Waals surface area contributed by atoms with E-state index in [0.29, 0.717) is 35.9 Å². The van der Waals surface area contributed by atoms with Gasteiger partial charge in [0.25, 0.3) is 5.91 Å². The number of fused-ring (bicyclic) bond motifs is 1. The number of hydrogen-bond acceptors (Lipinski definition) is 5. The zero-order valence-corrected chi connectivity index (χ0v) is 13.3. The van der Waals surface area contributed by atoms with Crippen LogP contribution in [0.25, 0.3) is 0 Å². The van der Waals surface area contributed by atoms with Gasteiger partial charge in [-0.05, 0) is 32.6 Å². The minimum Gasteiger partial charge on any atom is -0.490 e. The smallest absolute Gasteiger partial charge is 0.265 e. The summed E-state index contributed by atoms with van der Waals surface area (Å²) in [5.74, 6) is 0.944. The Morgan fingerprint density at radius 3 is 2.82 bits per heavy atom. The number of carbonyl (C=O) groups excluding carboxylic acids is 2. The number of hydrogen-bond donors (Lipinski definition) is 0. The molecule has 6 nitrogen and oxygen atoms in total. The molecule has 0 fully saturated rings. The first kappa shape index (κ1) is 16.3. The minimum absolute atomic E-state index is 0.0106. The second-order valence-electron chi connectivity index (χ2n) is 5.47. The molecule has 0 aromatic heterocycles. The highest BCUT2D eigenvalue weighted by atomic mass is 16.5. The molecule has 0 unspecified atom stereocenters. The maximum atomic E-state index is 12.1. The van der Waals surface area contributed by atoms with E-state index in [-0.39, 0.29) is 12.5 Å². The van der Waals surface area contributed by atoms with E-state index in [1.54, 1.807) is 17.0 Å². The number of rotatable bonds is 7. The van der Waals surface area contributed by atoms with Gasteiger partial charge in [-0.15, -0.1) is 0 Å². The summed E-state index contributed by atoms with van der Waals surface area (Å²) >= 11 is 0. The fraction of sp³-hybridized carbons (Fsp3) is 0.500. The maximum absolute atomic E-state index is 12.1. The number of likely N-dealkylation sites (N-methyl/N-ethyl adjacent to an activating group) is 1. The van der Waals surface area contributed by atoms with Crippen LogP contribution in [0.4, 0.5) is 5.69 Å². The second-order valence-corrected chi connectivity index (χ2v) is 5.47. The molecule has 1 heterocycles. The van der Waals surface area contributed by atoms with E-state index in [1.807, 2.05) is 25.9 Å². The van der Waals surface area contributed by atoms with Crippen molar-refractivity contribution in [2.75, 3.05) is 45.3 Å². The van der Waals surface area contributed by atoms with Gasteiger partial charge in [-0.25, -0.2) is 0 Å². The topological polar surface area (TPSA) is 59.1 Å². The third-order valence-electron chi connectivity index (χ3n) is 3.36. The molecule has 22 heavy (non-hydrogen) atoms. The number of carbonyl (C=O) groups is 2. The quantitative estimate of drug-likeness (QED) is 0.716. The van der Waals surface area contributed by atoms with Crippen LogP contribution in [0.3, 0.4) is 0 Å². The summed E-state index contributed by atoms with van der Waals surface area (Å²) in [6.45, 7) is 3.79. The first-order valence-electron chi connectivity index (χ1n) is 7.40. The Kier molecular flexibility index (Phi) is 5.38. The van der Waals surface area contributed by atoms with Crippen LogP contribution in [0.2, 0.25) is 0 Å². The van der Waals surface area contributed by atoms with E-state index in [9.17, 15) is 9.59 Å². The van der Waals surface area contributed by atoms with Gasteiger partial charge >= 0.3 is 0 Å². The molecule has 1 aromatic rings. The predicted octanol–water partition coefficient (Wildman–Crippen LogP) is 1.57. The number of amides is 1. The molecule has 1 aromatic carbocycles. The molecule has 0 radical (unpaired) electrons. The third kappa shape index (κ3) is 3.57. The van der Waals surface area contributed by atoms with E-state index >= 15 is 0 Å². The van der Waals surface area contributed by atoms with Crippen LogP contribution in [-0.4, -0.2) is 57.5 Å². The normalized spacial score (nSPS) is 13.8. The van der Waals surface area contributed by atoms with Crippen molar-refractivity contribution in [3.05, 3.63) is 17.7 Å². The summed E-state index contributed by atoms with van der Waals surface area (Å²) in [6.07, 6.45) is 1.60. The zero-order chi connectivity index (χ0) is 16.1. The molecule has 1 amide bonds. The lowest BCUT2D eigenvalue weighted by Gasteiger charge is -2.31. The van der Waals surface area contributed by atoms with Crippen LogP contribution in [0.5, 0.6) is 11.5 Å². The Hall–Kier alpha value is -2.08. The highest BCUT2D eigenvalue weighted by molar-refractivity contribution is 5.99. The van der Waals surface area contributed by atoms with Crippen molar-refractivity contribution in [1.82, 2.24) is 4.90 Å². The first-order chi connectivity index (χ1) is 10.6. The van der Waals surface area contributed by atoms with Crippen molar-refractivity contribution in [2.24, 2.45) is 0 Å². The van der Waals surface area contributed by atoms with Gasteiger partial charge in [-0.3, -0.25) is 9.59 Å². The lowest BCUT2D eigenvalue weighted by atomic mass is 10.1. The van der Waals surface area contributed by atoms with Crippen molar-refractivity contribution in [3.63, 3.8) is 0 Å². The SMILES string of the molecule is CCCOc1cc(C=O)cc2c1OCC(=O)N2CCN(C)C. The largest absolute Gasteiger partial charge is 0.490 e. The van der Waals surface area contributed by atoms with Gasteiger partial charge in [0.05, 0.1) is 12.3 Å². The monoisotopic (exact) mass is 306 g/mol. The van der Waals surface area contributed by atoms with Gasteiger partial charge in [0.15, 0.2) is 18.1 Å². The molecule has 0 N–H and O–H groups in total. The molecule has 0 atom stereocenters. The Bertz CT molecular complexity index is 557. The van der Waals surface area contributed by atoms with Gasteiger partial charge in [0.1, 0.15) is 6.29 Å². The van der Waals surface area contributed by atoms with Crippen molar-refractivity contribution < 1.29 is 19.1 Å². The molecule has 2 rings (SSSR count). The summed E-state index contributed by atoms with van der Waals surface area (Å²) in [4.78, 5) is 27.0. The molecular weight excluding hydrogens is 284 g/mol. The van der Waals surface area contributed by atoms with Crippen LogP contribution >= 0.6 is 0 Å². The zero-order valence-electron chi connectivity index (χ0n) is 13.3. The number of aldehydes is 1. The molecule has 0 spiro atoms. The average molecular weight is 306 g/mol. The second kappa shape index (κ2) is 7.26. The van der Waals surface area contributed by atoms with Crippen LogP contribution in [-0.2, 0) is 4.79 Å². The standard InChI is InChI=1S/C16H22N2O4/c1-4-7-21-14-9-12(10-19)8-13-16(14)22-11-15(20)18(13)6-5-17(2)3/h8-10H,4-7,11H2,1-3H3. The van der Waals surface area contributed by atoms with Gasteiger partial charge in [-0.1, -0.05) is 6.92 Å². The molecule has 6 heteroatoms. The molecule has 0 saturated carbocycles. The van der Waals surface area contributed by atoms with E-state index in [2.05, 4.69) is 0 Å². The number of ether oxygens (including phenoxy) is 2. The minimum atomic E-state index is -0.112. The summed E-state index contributed by atoms with van der Waals surface area (Å²) in [5.41, 5.74) is 1.08. The van der Waals surface area contributed by atoms with Crippen LogP contribution < -0.4 is 14.4 Å². The van der Waals surface area contributed by atoms with E-state index < -0.39 is 0 Å². The maximum Gasteiger partial charge on any atom is 0.265 e. The molecule has 0 bridgehead atoms. The first-order valence-corrected chi connectivity index (χ1v) is 7.40. The molecule has 120 valence electrons. The van der Waals surface area contributed by atoms with Gasteiger partial charge in [0, 0.05) is 18.7 Å². The fourth-order valence-corrected chi connectivity index (χ4v) is 2.23. The van der Waals surface area contributed by atoms with Crippen molar-refractivity contribution >= 4 is 17.9 Å². The van der Waals surface area contributed by atoms with Crippen LogP contribution in [0.1, 0.15) is 23.7 Å². The number of anilines is 1. The summed E-state index contributed by atoms with van der Waals surface area (Å²) in [5, 5.41) is 0. The highest BCUT2D eigenvalue weighted by Gasteiger charge is 2.28. The molecule has 0 saturated heterocycles. The summed E-state index contributed by atoms with van der Waals surface area (Å²) in [6, 6.07) is 3.33. The molecule has 1 aliphatic rings. The van der Waals surface area contributed by atoms with E-state index in [1.165, 1.54) is 0 Å².